The van der Waals surface area contributed by atoms with E-state index in [1.165, 1.54) is 13.2 Å². The summed E-state index contributed by atoms with van der Waals surface area (Å²) in [5.41, 5.74) is 2.32. The number of piperidine rings is 1. The Labute approximate surface area is 216 Å². The molecule has 3 aromatic carbocycles. The Kier molecular flexibility index (Phi) is 8.89. The molecule has 1 amide bonds. The molecule has 0 radical (unpaired) electrons. The van der Waals surface area contributed by atoms with Gasteiger partial charge in [-0.1, -0.05) is 30.3 Å². The lowest BCUT2D eigenvalue weighted by molar-refractivity contribution is -0.111. The standard InChI is InChI=1S/C29H31N3O5/c1-32-16-14-23(15-17-32)37-25-8-5-7-24(19-25)36-20-22-6-3-4-9-26(22)30-29(33)13-11-21-10-12-28(35-2)27(18-21)31-34/h3-13,18-19,23H,14-17,20H2,1-2H3,(H,30,33)/b13-11+. The van der Waals surface area contributed by atoms with Gasteiger partial charge in [0.2, 0.25) is 5.91 Å². The van der Waals surface area contributed by atoms with Crippen LogP contribution in [0.2, 0.25) is 0 Å². The molecule has 1 aliphatic rings. The third-order valence-electron chi connectivity index (χ3n) is 6.17. The minimum Gasteiger partial charge on any atom is -0.494 e. The SMILES string of the molecule is COc1ccc(/C=C/C(=O)Nc2ccccc2COc2cccc(OC3CCN(C)CC3)c2)cc1N=O. The Balaban J connectivity index is 1.35. The number of rotatable bonds is 10. The molecule has 0 saturated carbocycles. The fourth-order valence-electron chi connectivity index (χ4n) is 4.09. The maximum atomic E-state index is 12.6. The van der Waals surface area contributed by atoms with Gasteiger partial charge in [-0.25, -0.2) is 0 Å². The van der Waals surface area contributed by atoms with Crippen molar-refractivity contribution in [1.29, 1.82) is 0 Å². The number of hydrogen-bond donors (Lipinski definition) is 1. The molecule has 8 nitrogen and oxygen atoms in total. The Morgan fingerprint density at radius 2 is 1.84 bits per heavy atom. The number of nitrogens with zero attached hydrogens (tertiary/aromatic N) is 2. The summed E-state index contributed by atoms with van der Waals surface area (Å²) in [5, 5.41) is 5.85. The predicted molar refractivity (Wildman–Crippen MR) is 144 cm³/mol. The summed E-state index contributed by atoms with van der Waals surface area (Å²) in [6.07, 6.45) is 5.25. The van der Waals surface area contributed by atoms with Crippen LogP contribution >= 0.6 is 0 Å². The highest BCUT2D eigenvalue weighted by atomic mass is 16.5. The molecule has 37 heavy (non-hydrogen) atoms. The number of methoxy groups -OCH3 is 1. The molecule has 0 atom stereocenters. The zero-order chi connectivity index (χ0) is 26.0. The van der Waals surface area contributed by atoms with Gasteiger partial charge in [0.15, 0.2) is 0 Å². The van der Waals surface area contributed by atoms with Crippen LogP contribution in [0, 0.1) is 4.91 Å². The van der Waals surface area contributed by atoms with Crippen LogP contribution in [0.5, 0.6) is 17.2 Å². The van der Waals surface area contributed by atoms with Crippen LogP contribution in [-0.4, -0.2) is 44.2 Å². The quantitative estimate of drug-likeness (QED) is 0.279. The third-order valence-corrected chi connectivity index (χ3v) is 6.17. The van der Waals surface area contributed by atoms with E-state index in [0.717, 1.165) is 37.2 Å². The van der Waals surface area contributed by atoms with Gasteiger partial charge in [-0.3, -0.25) is 4.79 Å². The Morgan fingerprint density at radius 3 is 2.62 bits per heavy atom. The molecule has 0 spiro atoms. The van der Waals surface area contributed by atoms with Crippen LogP contribution in [0.1, 0.15) is 24.0 Å². The Hall–Kier alpha value is -4.17. The normalized spacial score (nSPS) is 14.3. The second-order valence-electron chi connectivity index (χ2n) is 8.89. The van der Waals surface area contributed by atoms with Gasteiger partial charge in [0.1, 0.15) is 35.6 Å². The van der Waals surface area contributed by atoms with Gasteiger partial charge in [-0.2, -0.15) is 0 Å². The van der Waals surface area contributed by atoms with Crippen LogP contribution in [0.3, 0.4) is 0 Å². The van der Waals surface area contributed by atoms with Crippen LogP contribution in [-0.2, 0) is 11.4 Å². The van der Waals surface area contributed by atoms with E-state index >= 15 is 0 Å². The lowest BCUT2D eigenvalue weighted by Crippen LogP contribution is -2.35. The van der Waals surface area contributed by atoms with Crippen LogP contribution < -0.4 is 19.5 Å². The fourth-order valence-corrected chi connectivity index (χ4v) is 4.09. The maximum Gasteiger partial charge on any atom is 0.248 e. The van der Waals surface area contributed by atoms with Crippen LogP contribution in [0.15, 0.2) is 78.0 Å². The van der Waals surface area contributed by atoms with E-state index in [1.54, 1.807) is 24.3 Å². The summed E-state index contributed by atoms with van der Waals surface area (Å²) in [4.78, 5) is 25.9. The average molecular weight is 502 g/mol. The number of benzene rings is 3. The van der Waals surface area contributed by atoms with Gasteiger partial charge in [0.25, 0.3) is 0 Å². The lowest BCUT2D eigenvalue weighted by atomic mass is 10.1. The first-order valence-electron chi connectivity index (χ1n) is 12.2. The van der Waals surface area contributed by atoms with Crippen molar-refractivity contribution in [3.8, 4) is 17.2 Å². The summed E-state index contributed by atoms with van der Waals surface area (Å²) in [5.74, 6) is 1.57. The first kappa shape index (κ1) is 25.9. The largest absolute Gasteiger partial charge is 0.494 e. The fraction of sp³-hybridized carbons (Fsp3) is 0.276. The average Bonchev–Trinajstić information content (AvgIpc) is 2.92. The van der Waals surface area contributed by atoms with Gasteiger partial charge in [-0.05, 0) is 67.0 Å². The van der Waals surface area contributed by atoms with E-state index in [2.05, 4.69) is 22.4 Å². The van der Waals surface area contributed by atoms with Crippen LogP contribution in [0.4, 0.5) is 11.4 Å². The van der Waals surface area contributed by atoms with Gasteiger partial charge in [0.05, 0.1) is 7.11 Å². The van der Waals surface area contributed by atoms with Gasteiger partial charge in [-0.15, -0.1) is 4.91 Å². The molecule has 1 N–H and O–H groups in total. The molecular formula is C29H31N3O5. The highest BCUT2D eigenvalue weighted by Gasteiger charge is 2.18. The summed E-state index contributed by atoms with van der Waals surface area (Å²) >= 11 is 0. The molecular weight excluding hydrogens is 470 g/mol. The molecule has 4 rings (SSSR count). The monoisotopic (exact) mass is 501 g/mol. The van der Waals surface area contributed by atoms with Crippen molar-refractivity contribution in [3.63, 3.8) is 0 Å². The van der Waals surface area contributed by atoms with Crippen molar-refractivity contribution in [2.45, 2.75) is 25.6 Å². The second-order valence-corrected chi connectivity index (χ2v) is 8.89. The van der Waals surface area contributed by atoms with Crippen molar-refractivity contribution in [1.82, 2.24) is 4.90 Å². The summed E-state index contributed by atoms with van der Waals surface area (Å²) in [6, 6.07) is 20.1. The lowest BCUT2D eigenvalue weighted by Gasteiger charge is -2.29. The maximum absolute atomic E-state index is 12.6. The summed E-state index contributed by atoms with van der Waals surface area (Å²) in [7, 11) is 3.60. The number of hydrogen-bond acceptors (Lipinski definition) is 7. The molecule has 1 fully saturated rings. The van der Waals surface area contributed by atoms with E-state index in [-0.39, 0.29) is 24.3 Å². The smallest absolute Gasteiger partial charge is 0.248 e. The minimum absolute atomic E-state index is 0.174. The second kappa shape index (κ2) is 12.7. The molecule has 192 valence electrons. The molecule has 0 bridgehead atoms. The predicted octanol–water partition coefficient (Wildman–Crippen LogP) is 5.80. The molecule has 0 unspecified atom stereocenters. The molecule has 0 aromatic heterocycles. The first-order chi connectivity index (χ1) is 18.0. The number of para-hydroxylation sites is 1. The van der Waals surface area contributed by atoms with E-state index in [9.17, 15) is 9.70 Å². The zero-order valence-corrected chi connectivity index (χ0v) is 21.1. The summed E-state index contributed by atoms with van der Waals surface area (Å²) in [6.45, 7) is 2.36. The Bertz CT molecular complexity index is 1250. The number of nitrogens with one attached hydrogen (secondary N) is 1. The number of carbonyl (C=O) groups excluding carboxylic acids is 1. The van der Waals surface area contributed by atoms with Crippen molar-refractivity contribution in [2.24, 2.45) is 5.18 Å². The van der Waals surface area contributed by atoms with E-state index < -0.39 is 0 Å². The highest BCUT2D eigenvalue weighted by Crippen LogP contribution is 2.29. The summed E-state index contributed by atoms with van der Waals surface area (Å²) < 4.78 is 17.3. The number of amides is 1. The first-order valence-corrected chi connectivity index (χ1v) is 12.2. The van der Waals surface area contributed by atoms with Crippen molar-refractivity contribution < 1.29 is 19.0 Å². The van der Waals surface area contributed by atoms with Gasteiger partial charge in [0, 0.05) is 36.5 Å². The number of likely N-dealkylation sites (tertiary alicyclic amines) is 1. The van der Waals surface area contributed by atoms with E-state index in [0.29, 0.717) is 22.7 Å². The highest BCUT2D eigenvalue weighted by molar-refractivity contribution is 6.02. The minimum atomic E-state index is -0.308. The molecule has 1 aliphatic heterocycles. The number of carbonyl (C=O) groups is 1. The number of nitroso groups, excluding NO2 is 1. The topological polar surface area (TPSA) is 89.5 Å². The van der Waals surface area contributed by atoms with E-state index in [4.69, 9.17) is 14.2 Å². The molecule has 1 heterocycles. The van der Waals surface area contributed by atoms with Gasteiger partial charge < -0.3 is 24.4 Å². The van der Waals surface area contributed by atoms with Crippen molar-refractivity contribution in [3.05, 3.63) is 88.8 Å². The van der Waals surface area contributed by atoms with Crippen molar-refractivity contribution in [2.75, 3.05) is 32.6 Å². The number of anilines is 1. The molecule has 3 aromatic rings. The number of ether oxygens (including phenoxy) is 3. The Morgan fingerprint density at radius 1 is 1.05 bits per heavy atom. The van der Waals surface area contributed by atoms with E-state index in [1.807, 2.05) is 48.5 Å². The van der Waals surface area contributed by atoms with Crippen molar-refractivity contribution >= 4 is 23.4 Å². The van der Waals surface area contributed by atoms with Crippen LogP contribution in [0.25, 0.3) is 6.08 Å². The molecule has 8 heteroatoms. The zero-order valence-electron chi connectivity index (χ0n) is 21.1. The molecule has 1 saturated heterocycles. The molecule has 0 aliphatic carbocycles. The van der Waals surface area contributed by atoms with Gasteiger partial charge >= 0.3 is 0 Å². The third kappa shape index (κ3) is 7.41.